The van der Waals surface area contributed by atoms with Crippen molar-refractivity contribution in [2.75, 3.05) is 30.8 Å². The van der Waals surface area contributed by atoms with Gasteiger partial charge in [0.15, 0.2) is 0 Å². The zero-order valence-corrected chi connectivity index (χ0v) is 21.5. The van der Waals surface area contributed by atoms with Crippen LogP contribution in [-0.2, 0) is 14.8 Å². The van der Waals surface area contributed by atoms with Crippen molar-refractivity contribution in [3.63, 3.8) is 0 Å². The molecule has 0 saturated heterocycles. The summed E-state index contributed by atoms with van der Waals surface area (Å²) in [6.45, 7) is 10.3. The maximum absolute atomic E-state index is 12.9. The van der Waals surface area contributed by atoms with Gasteiger partial charge in [-0.05, 0) is 79.3 Å². The smallest absolute Gasteiger partial charge is 0.241 e. The summed E-state index contributed by atoms with van der Waals surface area (Å²) < 4.78 is 37.0. The fourth-order valence-electron chi connectivity index (χ4n) is 3.63. The molecule has 0 aliphatic carbocycles. The molecule has 1 N–H and O–H groups in total. The third-order valence-corrected chi connectivity index (χ3v) is 6.51. The van der Waals surface area contributed by atoms with E-state index in [1.165, 1.54) is 0 Å². The summed E-state index contributed by atoms with van der Waals surface area (Å²) in [4.78, 5) is 12.9. The average molecular weight is 477 g/mol. The highest BCUT2D eigenvalue weighted by Crippen LogP contribution is 2.32. The fraction of sp³-hybridized carbons (Fsp3) is 0.480. The number of anilines is 1. The molecule has 1 unspecified atom stereocenters. The molecular formula is C25H36N2O5S. The van der Waals surface area contributed by atoms with Gasteiger partial charge in [0.25, 0.3) is 0 Å². The van der Waals surface area contributed by atoms with Gasteiger partial charge in [0.1, 0.15) is 18.0 Å². The summed E-state index contributed by atoms with van der Waals surface area (Å²) in [5.74, 6) is 1.34. The number of methoxy groups -OCH3 is 1. The molecule has 2 rings (SSSR count). The van der Waals surface area contributed by atoms with E-state index in [2.05, 4.69) is 19.2 Å². The van der Waals surface area contributed by atoms with E-state index in [1.807, 2.05) is 32.9 Å². The van der Waals surface area contributed by atoms with Crippen LogP contribution in [0.3, 0.4) is 0 Å². The van der Waals surface area contributed by atoms with Crippen molar-refractivity contribution in [2.24, 2.45) is 0 Å². The van der Waals surface area contributed by atoms with Crippen LogP contribution in [0, 0.1) is 6.92 Å². The van der Waals surface area contributed by atoms with Crippen LogP contribution < -0.4 is 19.1 Å². The Morgan fingerprint density at radius 2 is 1.73 bits per heavy atom. The Morgan fingerprint density at radius 3 is 2.24 bits per heavy atom. The Bertz CT molecular complexity index is 1050. The van der Waals surface area contributed by atoms with Gasteiger partial charge >= 0.3 is 0 Å². The topological polar surface area (TPSA) is 84.9 Å². The van der Waals surface area contributed by atoms with Gasteiger partial charge in [-0.15, -0.1) is 0 Å². The monoisotopic (exact) mass is 476 g/mol. The molecule has 182 valence electrons. The minimum Gasteiger partial charge on any atom is -0.496 e. The maximum Gasteiger partial charge on any atom is 0.241 e. The van der Waals surface area contributed by atoms with E-state index in [0.717, 1.165) is 39.4 Å². The normalized spacial score (nSPS) is 12.4. The lowest BCUT2D eigenvalue weighted by atomic mass is 9.93. The molecule has 8 heteroatoms. The molecule has 0 radical (unpaired) electrons. The van der Waals surface area contributed by atoms with Gasteiger partial charge in [0, 0.05) is 0 Å². The van der Waals surface area contributed by atoms with E-state index in [-0.39, 0.29) is 24.4 Å². The molecule has 1 amide bonds. The summed E-state index contributed by atoms with van der Waals surface area (Å²) in [5, 5.41) is 2.94. The second-order valence-corrected chi connectivity index (χ2v) is 10.4. The minimum absolute atomic E-state index is 0.257. The largest absolute Gasteiger partial charge is 0.496 e. The maximum atomic E-state index is 12.9. The predicted molar refractivity (Wildman–Crippen MR) is 133 cm³/mol. The van der Waals surface area contributed by atoms with Crippen LogP contribution >= 0.6 is 0 Å². The third kappa shape index (κ3) is 7.12. The van der Waals surface area contributed by atoms with E-state index in [4.69, 9.17) is 9.47 Å². The first-order valence-electron chi connectivity index (χ1n) is 11.2. The number of nitrogens with one attached hydrogen (secondary N) is 1. The molecule has 1 atom stereocenters. The quantitative estimate of drug-likeness (QED) is 0.514. The lowest BCUT2D eigenvalue weighted by Gasteiger charge is -2.24. The Kier molecular flexibility index (Phi) is 9.16. The third-order valence-electron chi connectivity index (χ3n) is 5.37. The van der Waals surface area contributed by atoms with Crippen LogP contribution in [0.2, 0.25) is 0 Å². The highest BCUT2D eigenvalue weighted by molar-refractivity contribution is 7.92. The molecule has 0 aromatic heterocycles. The lowest BCUT2D eigenvalue weighted by Crippen LogP contribution is -2.41. The van der Waals surface area contributed by atoms with Crippen LogP contribution in [0.25, 0.3) is 0 Å². The Labute approximate surface area is 198 Å². The van der Waals surface area contributed by atoms with E-state index < -0.39 is 10.0 Å². The Morgan fingerprint density at radius 1 is 1.09 bits per heavy atom. The van der Waals surface area contributed by atoms with Crippen molar-refractivity contribution >= 4 is 21.6 Å². The first-order valence-corrected chi connectivity index (χ1v) is 13.0. The van der Waals surface area contributed by atoms with Crippen LogP contribution in [0.4, 0.5) is 5.69 Å². The van der Waals surface area contributed by atoms with E-state index in [0.29, 0.717) is 18.0 Å². The number of nitrogens with zero attached hydrogens (tertiary/aromatic N) is 1. The summed E-state index contributed by atoms with van der Waals surface area (Å²) in [5.41, 5.74) is 3.43. The highest BCUT2D eigenvalue weighted by Gasteiger charge is 2.23. The van der Waals surface area contributed by atoms with E-state index in [9.17, 15) is 13.2 Å². The lowest BCUT2D eigenvalue weighted by molar-refractivity contribution is -0.120. The van der Waals surface area contributed by atoms with Gasteiger partial charge in [-0.2, -0.15) is 0 Å². The van der Waals surface area contributed by atoms with Crippen molar-refractivity contribution in [1.29, 1.82) is 0 Å². The molecule has 0 saturated carbocycles. The van der Waals surface area contributed by atoms with Crippen LogP contribution in [0.1, 0.15) is 62.8 Å². The number of amides is 1. The summed E-state index contributed by atoms with van der Waals surface area (Å²) >= 11 is 0. The molecule has 0 spiro atoms. The number of hydrogen-bond acceptors (Lipinski definition) is 5. The van der Waals surface area contributed by atoms with Crippen molar-refractivity contribution < 1.29 is 22.7 Å². The van der Waals surface area contributed by atoms with Crippen molar-refractivity contribution in [3.8, 4) is 11.5 Å². The number of benzene rings is 2. The SMILES string of the molecule is CCCOc1ccc(N(CC(=O)NC(C)c2cc(C(C)C)c(OC)cc2C)S(C)(=O)=O)cc1. The van der Waals surface area contributed by atoms with Gasteiger partial charge < -0.3 is 14.8 Å². The number of sulfonamides is 1. The summed E-state index contributed by atoms with van der Waals surface area (Å²) in [6, 6.07) is 10.4. The fourth-order valence-corrected chi connectivity index (χ4v) is 4.49. The first kappa shape index (κ1) is 26.5. The van der Waals surface area contributed by atoms with Crippen LogP contribution in [0.5, 0.6) is 11.5 Å². The molecule has 33 heavy (non-hydrogen) atoms. The van der Waals surface area contributed by atoms with Gasteiger partial charge in [0.2, 0.25) is 15.9 Å². The molecular weight excluding hydrogens is 440 g/mol. The Hall–Kier alpha value is -2.74. The van der Waals surface area contributed by atoms with Crippen LogP contribution in [-0.4, -0.2) is 40.8 Å². The molecule has 0 aliphatic rings. The zero-order chi connectivity index (χ0) is 24.8. The molecule has 2 aromatic rings. The number of rotatable bonds is 11. The number of carbonyl (C=O) groups excluding carboxylic acids is 1. The second-order valence-electron chi connectivity index (χ2n) is 8.51. The van der Waals surface area contributed by atoms with E-state index in [1.54, 1.807) is 31.4 Å². The molecule has 0 heterocycles. The van der Waals surface area contributed by atoms with Crippen LogP contribution in [0.15, 0.2) is 36.4 Å². The van der Waals surface area contributed by atoms with Gasteiger partial charge in [-0.1, -0.05) is 20.8 Å². The molecule has 0 bridgehead atoms. The molecule has 7 nitrogen and oxygen atoms in total. The standard InChI is InChI=1S/C25H36N2O5S/c1-8-13-32-21-11-9-20(10-12-21)27(33(7,29)30)16-25(28)26-19(5)23-15-22(17(2)3)24(31-6)14-18(23)4/h9-12,14-15,17,19H,8,13,16H2,1-7H3,(H,26,28). The Balaban J connectivity index is 2.20. The number of carbonyl (C=O) groups is 1. The average Bonchev–Trinajstić information content (AvgIpc) is 2.75. The highest BCUT2D eigenvalue weighted by atomic mass is 32.2. The predicted octanol–water partition coefficient (Wildman–Crippen LogP) is 4.56. The van der Waals surface area contributed by atoms with Crippen molar-refractivity contribution in [2.45, 2.75) is 53.0 Å². The summed E-state index contributed by atoms with van der Waals surface area (Å²) in [6.07, 6.45) is 1.97. The zero-order valence-electron chi connectivity index (χ0n) is 20.6. The van der Waals surface area contributed by atoms with E-state index >= 15 is 0 Å². The molecule has 0 aliphatic heterocycles. The number of ether oxygens (including phenoxy) is 2. The molecule has 0 fully saturated rings. The van der Waals surface area contributed by atoms with Crippen molar-refractivity contribution in [1.82, 2.24) is 5.32 Å². The minimum atomic E-state index is -3.66. The molecule has 2 aromatic carbocycles. The van der Waals surface area contributed by atoms with Gasteiger partial charge in [-0.25, -0.2) is 8.42 Å². The van der Waals surface area contributed by atoms with Gasteiger partial charge in [0.05, 0.1) is 31.7 Å². The summed E-state index contributed by atoms with van der Waals surface area (Å²) in [7, 11) is -2.02. The second kappa shape index (κ2) is 11.4. The first-order chi connectivity index (χ1) is 15.5. The van der Waals surface area contributed by atoms with Gasteiger partial charge in [-0.3, -0.25) is 9.10 Å². The number of aryl methyl sites for hydroxylation is 1. The van der Waals surface area contributed by atoms with Crippen molar-refractivity contribution in [3.05, 3.63) is 53.1 Å². The number of hydrogen-bond donors (Lipinski definition) is 1.